The monoisotopic (exact) mass is 497 g/mol. The standard InChI is InChI=1S/C29H39NO6/c1-18-9-7-13-21(31)15-16-24(32)36-29-22(14-8-10-18)26(33)28(3,35)19(2)25(29)23(30-27(29)34)17-20-11-5-4-6-12-20/h4-6,8,11-12,14-16,18-19,21-23,25-26,31,33,35H,7,9-10,13,17H2,1-3H3,(H,30,34)/b14-8+,16-15+/t18-,19+,21-,22+,23+,25+,26+,28+,29-/m1/s1. The molecule has 0 unspecified atom stereocenters. The Labute approximate surface area is 213 Å². The number of nitrogens with one attached hydrogen (secondary N) is 1. The van der Waals surface area contributed by atoms with Gasteiger partial charge in [0.05, 0.1) is 23.7 Å². The Balaban J connectivity index is 1.81. The molecule has 196 valence electrons. The SMILES string of the molecule is C[C@H]1C/C=C/[C@H]2[C@H](O)[C@@](C)(O)[C@@H](C)[C@H]3[C@H](Cc4ccccc4)NC(=O)[C@]32OC(=O)/C=C/[C@H](O)CCC1. The molecule has 7 heteroatoms. The molecule has 1 saturated carbocycles. The summed E-state index contributed by atoms with van der Waals surface area (Å²) in [5, 5.41) is 36.2. The second-order valence-corrected chi connectivity index (χ2v) is 11.1. The fraction of sp³-hybridized carbons (Fsp3) is 0.586. The lowest BCUT2D eigenvalue weighted by Crippen LogP contribution is -2.69. The van der Waals surface area contributed by atoms with Crippen LogP contribution in [0.15, 0.2) is 54.6 Å². The summed E-state index contributed by atoms with van der Waals surface area (Å²) in [5.74, 6) is -2.98. The Morgan fingerprint density at radius 3 is 2.53 bits per heavy atom. The molecule has 2 heterocycles. The molecule has 9 atom stereocenters. The Hall–Kier alpha value is -2.48. The van der Waals surface area contributed by atoms with Crippen molar-refractivity contribution >= 4 is 11.9 Å². The fourth-order valence-corrected chi connectivity index (χ4v) is 6.36. The number of carbonyl (C=O) groups excluding carboxylic acids is 2. The number of ether oxygens (including phenoxy) is 1. The van der Waals surface area contributed by atoms with Crippen molar-refractivity contribution in [3.05, 3.63) is 60.2 Å². The second kappa shape index (κ2) is 10.5. The third-order valence-corrected chi connectivity index (χ3v) is 8.60. The van der Waals surface area contributed by atoms with Gasteiger partial charge in [0.2, 0.25) is 5.60 Å². The van der Waals surface area contributed by atoms with Gasteiger partial charge >= 0.3 is 5.97 Å². The molecule has 0 aromatic heterocycles. The number of aliphatic hydroxyl groups is 3. The van der Waals surface area contributed by atoms with Gasteiger partial charge in [0.1, 0.15) is 0 Å². The van der Waals surface area contributed by atoms with Crippen molar-refractivity contribution in [1.82, 2.24) is 5.32 Å². The van der Waals surface area contributed by atoms with Crippen molar-refractivity contribution in [3.8, 4) is 0 Å². The summed E-state index contributed by atoms with van der Waals surface area (Å²) in [6.07, 6.45) is 7.59. The Morgan fingerprint density at radius 2 is 1.81 bits per heavy atom. The molecular weight excluding hydrogens is 458 g/mol. The zero-order valence-electron chi connectivity index (χ0n) is 21.3. The van der Waals surface area contributed by atoms with Crippen molar-refractivity contribution in [2.45, 2.75) is 82.3 Å². The first-order valence-electron chi connectivity index (χ1n) is 13.1. The minimum atomic E-state index is -1.70. The van der Waals surface area contributed by atoms with E-state index in [0.29, 0.717) is 25.2 Å². The number of rotatable bonds is 2. The Bertz CT molecular complexity index is 1000. The van der Waals surface area contributed by atoms with Crippen LogP contribution in [0.4, 0.5) is 0 Å². The quantitative estimate of drug-likeness (QED) is 0.369. The molecule has 0 radical (unpaired) electrons. The van der Waals surface area contributed by atoms with Crippen LogP contribution in [0.2, 0.25) is 0 Å². The summed E-state index contributed by atoms with van der Waals surface area (Å²) in [6, 6.07) is 9.31. The fourth-order valence-electron chi connectivity index (χ4n) is 6.36. The van der Waals surface area contributed by atoms with Gasteiger partial charge in [-0.15, -0.1) is 0 Å². The van der Waals surface area contributed by atoms with Gasteiger partial charge in [-0.2, -0.15) is 0 Å². The minimum absolute atomic E-state index is 0.332. The lowest BCUT2D eigenvalue weighted by atomic mass is 9.55. The predicted molar refractivity (Wildman–Crippen MR) is 136 cm³/mol. The van der Waals surface area contributed by atoms with Crippen LogP contribution < -0.4 is 5.32 Å². The van der Waals surface area contributed by atoms with Crippen LogP contribution in [0.5, 0.6) is 0 Å². The number of hydrogen-bond donors (Lipinski definition) is 4. The van der Waals surface area contributed by atoms with Crippen LogP contribution in [0.25, 0.3) is 0 Å². The second-order valence-electron chi connectivity index (χ2n) is 11.1. The third kappa shape index (κ3) is 4.89. The van der Waals surface area contributed by atoms with Gasteiger partial charge in [-0.3, -0.25) is 4.79 Å². The Kier molecular flexibility index (Phi) is 7.74. The van der Waals surface area contributed by atoms with E-state index < -0.39 is 59.1 Å². The van der Waals surface area contributed by atoms with Gasteiger partial charge in [0.25, 0.3) is 5.91 Å². The molecule has 7 nitrogen and oxygen atoms in total. The number of allylic oxidation sites excluding steroid dienone is 1. The highest BCUT2D eigenvalue weighted by atomic mass is 16.6. The van der Waals surface area contributed by atoms with E-state index >= 15 is 0 Å². The average molecular weight is 498 g/mol. The number of esters is 1. The van der Waals surface area contributed by atoms with E-state index in [1.54, 1.807) is 19.9 Å². The molecule has 1 spiro atoms. The molecule has 0 bridgehead atoms. The molecule has 3 aliphatic rings. The van der Waals surface area contributed by atoms with E-state index in [-0.39, 0.29) is 0 Å². The summed E-state index contributed by atoms with van der Waals surface area (Å²) in [5.41, 5.74) is -2.20. The highest BCUT2D eigenvalue weighted by Crippen LogP contribution is 2.54. The van der Waals surface area contributed by atoms with Crippen molar-refractivity contribution in [2.24, 2.45) is 23.7 Å². The third-order valence-electron chi connectivity index (χ3n) is 8.60. The zero-order chi connectivity index (χ0) is 26.1. The van der Waals surface area contributed by atoms with Crippen molar-refractivity contribution in [1.29, 1.82) is 0 Å². The summed E-state index contributed by atoms with van der Waals surface area (Å²) in [6.45, 7) is 5.51. The molecular formula is C29H39NO6. The minimum Gasteiger partial charge on any atom is -0.445 e. The first-order chi connectivity index (χ1) is 17.1. The number of hydrogen-bond acceptors (Lipinski definition) is 6. The molecule has 1 aromatic carbocycles. The molecule has 1 aromatic rings. The van der Waals surface area contributed by atoms with E-state index in [1.807, 2.05) is 36.4 Å². The Morgan fingerprint density at radius 1 is 1.08 bits per heavy atom. The van der Waals surface area contributed by atoms with E-state index in [2.05, 4.69) is 12.2 Å². The molecule has 4 rings (SSSR count). The summed E-state index contributed by atoms with van der Waals surface area (Å²) < 4.78 is 6.03. The van der Waals surface area contributed by atoms with E-state index in [9.17, 15) is 24.9 Å². The maximum Gasteiger partial charge on any atom is 0.331 e. The van der Waals surface area contributed by atoms with E-state index in [0.717, 1.165) is 18.4 Å². The maximum absolute atomic E-state index is 13.8. The topological polar surface area (TPSA) is 116 Å². The number of amides is 1. The van der Waals surface area contributed by atoms with Crippen molar-refractivity contribution < 1.29 is 29.6 Å². The lowest BCUT2D eigenvalue weighted by molar-refractivity contribution is -0.230. The molecule has 1 saturated heterocycles. The first kappa shape index (κ1) is 26.6. The highest BCUT2D eigenvalue weighted by Gasteiger charge is 2.71. The van der Waals surface area contributed by atoms with Crippen LogP contribution in [-0.4, -0.2) is 56.6 Å². The normalized spacial score (nSPS) is 43.3. The van der Waals surface area contributed by atoms with Gasteiger partial charge in [-0.25, -0.2) is 4.79 Å². The molecule has 4 N–H and O–H groups in total. The molecule has 2 fully saturated rings. The van der Waals surface area contributed by atoms with Crippen molar-refractivity contribution in [2.75, 3.05) is 0 Å². The molecule has 36 heavy (non-hydrogen) atoms. The number of carbonyl (C=O) groups is 2. The maximum atomic E-state index is 13.8. The molecule has 1 aliphatic carbocycles. The van der Waals surface area contributed by atoms with E-state index in [4.69, 9.17) is 4.74 Å². The highest BCUT2D eigenvalue weighted by molar-refractivity contribution is 5.94. The number of benzene rings is 1. The van der Waals surface area contributed by atoms with Gasteiger partial charge in [-0.1, -0.05) is 69.2 Å². The van der Waals surface area contributed by atoms with Crippen LogP contribution in [0.1, 0.15) is 52.0 Å². The van der Waals surface area contributed by atoms with Crippen LogP contribution in [-0.2, 0) is 20.7 Å². The summed E-state index contributed by atoms with van der Waals surface area (Å²) in [4.78, 5) is 26.9. The van der Waals surface area contributed by atoms with E-state index in [1.165, 1.54) is 12.2 Å². The molecule has 1 amide bonds. The predicted octanol–water partition coefficient (Wildman–Crippen LogP) is 2.69. The van der Waals surface area contributed by atoms with Gasteiger partial charge < -0.3 is 25.4 Å². The number of aliphatic hydroxyl groups excluding tert-OH is 2. The van der Waals surface area contributed by atoms with Gasteiger partial charge in [0.15, 0.2) is 0 Å². The van der Waals surface area contributed by atoms with Gasteiger partial charge in [0, 0.05) is 18.0 Å². The summed E-state index contributed by atoms with van der Waals surface area (Å²) in [7, 11) is 0. The summed E-state index contributed by atoms with van der Waals surface area (Å²) >= 11 is 0. The first-order valence-corrected chi connectivity index (χ1v) is 13.1. The zero-order valence-corrected chi connectivity index (χ0v) is 21.3. The average Bonchev–Trinajstić information content (AvgIpc) is 3.10. The molecule has 2 aliphatic heterocycles. The van der Waals surface area contributed by atoms with Crippen LogP contribution in [0.3, 0.4) is 0 Å². The van der Waals surface area contributed by atoms with Crippen LogP contribution >= 0.6 is 0 Å². The lowest BCUT2D eigenvalue weighted by Gasteiger charge is -2.54. The smallest absolute Gasteiger partial charge is 0.331 e. The van der Waals surface area contributed by atoms with Crippen LogP contribution in [0, 0.1) is 23.7 Å². The largest absolute Gasteiger partial charge is 0.445 e. The van der Waals surface area contributed by atoms with Crippen molar-refractivity contribution in [3.63, 3.8) is 0 Å². The van der Waals surface area contributed by atoms with Gasteiger partial charge in [-0.05, 0) is 49.7 Å².